The molecule has 1 amide bonds. The van der Waals surface area contributed by atoms with E-state index < -0.39 is 10.0 Å². The number of hydrogen-bond donors (Lipinski definition) is 1. The summed E-state index contributed by atoms with van der Waals surface area (Å²) in [6, 6.07) is 11.6. The second-order valence-electron chi connectivity index (χ2n) is 7.27. The third-order valence-corrected chi connectivity index (χ3v) is 7.48. The molecular formula is C23H28N2O5S. The van der Waals surface area contributed by atoms with Gasteiger partial charge in [-0.1, -0.05) is 26.0 Å². The van der Waals surface area contributed by atoms with Gasteiger partial charge >= 0.3 is 0 Å². The van der Waals surface area contributed by atoms with Crippen molar-refractivity contribution >= 4 is 26.9 Å². The summed E-state index contributed by atoms with van der Waals surface area (Å²) in [4.78, 5) is 13.1. The van der Waals surface area contributed by atoms with Gasteiger partial charge in [-0.05, 0) is 49.7 Å². The monoisotopic (exact) mass is 444 g/mol. The number of methoxy groups -OCH3 is 1. The molecular weight excluding hydrogens is 416 g/mol. The lowest BCUT2D eigenvalue weighted by Crippen LogP contribution is -2.30. The summed E-state index contributed by atoms with van der Waals surface area (Å²) in [5.74, 6) is 0.604. The van der Waals surface area contributed by atoms with Crippen LogP contribution in [-0.4, -0.2) is 38.8 Å². The molecule has 0 aliphatic carbocycles. The van der Waals surface area contributed by atoms with E-state index in [9.17, 15) is 13.2 Å². The Kier molecular flexibility index (Phi) is 6.71. The van der Waals surface area contributed by atoms with Gasteiger partial charge in [0.1, 0.15) is 11.3 Å². The maximum absolute atomic E-state index is 12.8. The van der Waals surface area contributed by atoms with Crippen molar-refractivity contribution in [2.75, 3.05) is 20.2 Å². The molecule has 0 bridgehead atoms. The highest BCUT2D eigenvalue weighted by Gasteiger charge is 2.23. The van der Waals surface area contributed by atoms with E-state index in [1.54, 1.807) is 43.5 Å². The zero-order valence-electron chi connectivity index (χ0n) is 18.4. The van der Waals surface area contributed by atoms with Gasteiger partial charge in [-0.25, -0.2) is 8.42 Å². The summed E-state index contributed by atoms with van der Waals surface area (Å²) in [7, 11) is -1.93. The fourth-order valence-corrected chi connectivity index (χ4v) is 4.99. The number of benzene rings is 2. The number of fused-ring (bicyclic) bond motifs is 1. The van der Waals surface area contributed by atoms with E-state index in [4.69, 9.17) is 9.15 Å². The Balaban J connectivity index is 1.79. The molecule has 0 saturated heterocycles. The van der Waals surface area contributed by atoms with Gasteiger partial charge in [0.15, 0.2) is 5.76 Å². The minimum absolute atomic E-state index is 0.237. The molecule has 8 heteroatoms. The van der Waals surface area contributed by atoms with Crippen molar-refractivity contribution in [3.63, 3.8) is 0 Å². The van der Waals surface area contributed by atoms with Gasteiger partial charge in [0.2, 0.25) is 10.0 Å². The molecule has 166 valence electrons. The van der Waals surface area contributed by atoms with Crippen molar-refractivity contribution in [1.29, 1.82) is 0 Å². The van der Waals surface area contributed by atoms with E-state index in [0.29, 0.717) is 24.4 Å². The summed E-state index contributed by atoms with van der Waals surface area (Å²) >= 11 is 0. The third kappa shape index (κ3) is 4.45. The van der Waals surface area contributed by atoms with Crippen LogP contribution in [0.25, 0.3) is 11.0 Å². The molecule has 0 fully saturated rings. The number of sulfonamides is 1. The number of hydrogen-bond acceptors (Lipinski definition) is 5. The SMILES string of the molecule is CCN(CC)S(=O)(=O)c1ccc(C(C)NC(=O)c2oc3ccc(OC)cc3c2C)cc1. The van der Waals surface area contributed by atoms with E-state index in [-0.39, 0.29) is 22.6 Å². The number of rotatable bonds is 8. The molecule has 1 atom stereocenters. The van der Waals surface area contributed by atoms with Crippen LogP contribution in [0.1, 0.15) is 48.5 Å². The predicted molar refractivity (Wildman–Crippen MR) is 120 cm³/mol. The van der Waals surface area contributed by atoms with Crippen LogP contribution >= 0.6 is 0 Å². The average molecular weight is 445 g/mol. The van der Waals surface area contributed by atoms with E-state index in [1.807, 2.05) is 33.8 Å². The predicted octanol–water partition coefficient (Wildman–Crippen LogP) is 4.27. The number of furan rings is 1. The van der Waals surface area contributed by atoms with E-state index >= 15 is 0 Å². The number of nitrogens with zero attached hydrogens (tertiary/aromatic N) is 1. The van der Waals surface area contributed by atoms with Crippen LogP contribution in [0.2, 0.25) is 0 Å². The van der Waals surface area contributed by atoms with Crippen LogP contribution in [0.5, 0.6) is 5.75 Å². The highest BCUT2D eigenvalue weighted by Crippen LogP contribution is 2.29. The Bertz CT molecular complexity index is 1180. The second kappa shape index (κ2) is 9.11. The maximum atomic E-state index is 12.8. The molecule has 31 heavy (non-hydrogen) atoms. The van der Waals surface area contributed by atoms with Crippen LogP contribution in [0.4, 0.5) is 0 Å². The molecule has 1 heterocycles. The van der Waals surface area contributed by atoms with Crippen LogP contribution < -0.4 is 10.1 Å². The molecule has 2 aromatic carbocycles. The number of amides is 1. The van der Waals surface area contributed by atoms with Crippen molar-refractivity contribution in [2.45, 2.75) is 38.6 Å². The number of nitrogens with one attached hydrogen (secondary N) is 1. The molecule has 3 aromatic rings. The molecule has 1 aromatic heterocycles. The Morgan fingerprint density at radius 1 is 1.13 bits per heavy atom. The molecule has 3 rings (SSSR count). The highest BCUT2D eigenvalue weighted by atomic mass is 32.2. The quantitative estimate of drug-likeness (QED) is 0.560. The van der Waals surface area contributed by atoms with Gasteiger partial charge in [0.05, 0.1) is 18.0 Å². The summed E-state index contributed by atoms with van der Waals surface area (Å²) in [6.07, 6.45) is 0. The molecule has 0 aliphatic heterocycles. The van der Waals surface area contributed by atoms with Gasteiger partial charge in [-0.3, -0.25) is 4.79 Å². The molecule has 7 nitrogen and oxygen atoms in total. The van der Waals surface area contributed by atoms with Gasteiger partial charge in [-0.2, -0.15) is 4.31 Å². The smallest absolute Gasteiger partial charge is 0.287 e. The van der Waals surface area contributed by atoms with Crippen LogP contribution in [-0.2, 0) is 10.0 Å². The number of ether oxygens (including phenoxy) is 1. The second-order valence-corrected chi connectivity index (χ2v) is 9.21. The fourth-order valence-electron chi connectivity index (χ4n) is 3.53. The molecule has 1 N–H and O–H groups in total. The lowest BCUT2D eigenvalue weighted by molar-refractivity contribution is 0.0913. The first-order chi connectivity index (χ1) is 14.7. The zero-order chi connectivity index (χ0) is 22.8. The standard InChI is InChI=1S/C23H28N2O5S/c1-6-25(7-2)31(27,28)19-11-8-17(9-12-19)16(4)24-23(26)22-15(3)20-14-18(29-5)10-13-21(20)30-22/h8-14,16H,6-7H2,1-5H3,(H,24,26). The molecule has 0 saturated carbocycles. The Labute approximate surface area is 183 Å². The largest absolute Gasteiger partial charge is 0.497 e. The number of carbonyl (C=O) groups is 1. The first-order valence-corrected chi connectivity index (χ1v) is 11.6. The van der Waals surface area contributed by atoms with Crippen LogP contribution in [0, 0.1) is 6.92 Å². The van der Waals surface area contributed by atoms with Crippen molar-refractivity contribution in [3.8, 4) is 5.75 Å². The van der Waals surface area contributed by atoms with Crippen molar-refractivity contribution < 1.29 is 22.4 Å². The first kappa shape index (κ1) is 22.8. The van der Waals surface area contributed by atoms with Crippen molar-refractivity contribution in [3.05, 3.63) is 59.4 Å². The van der Waals surface area contributed by atoms with Gasteiger partial charge in [0, 0.05) is 24.0 Å². The summed E-state index contributed by atoms with van der Waals surface area (Å²) < 4.78 is 37.7. The van der Waals surface area contributed by atoms with Crippen molar-refractivity contribution in [2.24, 2.45) is 0 Å². The minimum atomic E-state index is -3.52. The van der Waals surface area contributed by atoms with Crippen molar-refractivity contribution in [1.82, 2.24) is 9.62 Å². The van der Waals surface area contributed by atoms with E-state index in [1.165, 1.54) is 4.31 Å². The summed E-state index contributed by atoms with van der Waals surface area (Å²) in [6.45, 7) is 8.11. The summed E-state index contributed by atoms with van der Waals surface area (Å²) in [5.41, 5.74) is 2.14. The average Bonchev–Trinajstić information content (AvgIpc) is 3.10. The lowest BCUT2D eigenvalue weighted by Gasteiger charge is -2.19. The van der Waals surface area contributed by atoms with Gasteiger partial charge in [0.25, 0.3) is 5.91 Å². The highest BCUT2D eigenvalue weighted by molar-refractivity contribution is 7.89. The zero-order valence-corrected chi connectivity index (χ0v) is 19.2. The topological polar surface area (TPSA) is 88.9 Å². The molecule has 0 radical (unpaired) electrons. The summed E-state index contributed by atoms with van der Waals surface area (Å²) in [5, 5.41) is 3.74. The first-order valence-electron chi connectivity index (χ1n) is 10.2. The van der Waals surface area contributed by atoms with Gasteiger partial charge in [-0.15, -0.1) is 0 Å². The van der Waals surface area contributed by atoms with E-state index in [0.717, 1.165) is 16.5 Å². The Morgan fingerprint density at radius 3 is 2.35 bits per heavy atom. The maximum Gasteiger partial charge on any atom is 0.287 e. The third-order valence-electron chi connectivity index (χ3n) is 5.42. The molecule has 0 aliphatic rings. The molecule has 1 unspecified atom stereocenters. The van der Waals surface area contributed by atoms with Crippen LogP contribution in [0.3, 0.4) is 0 Å². The lowest BCUT2D eigenvalue weighted by atomic mass is 10.1. The minimum Gasteiger partial charge on any atom is -0.497 e. The van der Waals surface area contributed by atoms with Gasteiger partial charge < -0.3 is 14.5 Å². The fraction of sp³-hybridized carbons (Fsp3) is 0.348. The molecule has 0 spiro atoms. The Morgan fingerprint density at radius 2 is 1.77 bits per heavy atom. The number of aryl methyl sites for hydroxylation is 1. The Hall–Kier alpha value is -2.84. The number of carbonyl (C=O) groups excluding carboxylic acids is 1. The van der Waals surface area contributed by atoms with E-state index in [2.05, 4.69) is 5.32 Å². The normalized spacial score (nSPS) is 12.8. The van der Waals surface area contributed by atoms with Crippen LogP contribution in [0.15, 0.2) is 51.8 Å².